The number of benzene rings is 3. The molecule has 0 spiro atoms. The number of carbonyl (C=O) groups is 1. The number of nitriles is 1. The number of rotatable bonds is 7. The van der Waals surface area contributed by atoms with Gasteiger partial charge in [-0.3, -0.25) is 4.79 Å². The Balaban J connectivity index is 1.76. The summed E-state index contributed by atoms with van der Waals surface area (Å²) in [4.78, 5) is 12.6. The van der Waals surface area contributed by atoms with E-state index in [2.05, 4.69) is 50.8 Å². The largest absolute Gasteiger partial charge is 0.487 e. The highest BCUT2D eigenvalue weighted by Gasteiger charge is 2.13. The molecule has 0 heterocycles. The highest BCUT2D eigenvalue weighted by atomic mass is 127. The smallest absolute Gasteiger partial charge is 0.266 e. The van der Waals surface area contributed by atoms with Crippen LogP contribution in [0.1, 0.15) is 23.6 Å². The zero-order chi connectivity index (χ0) is 23.1. The van der Waals surface area contributed by atoms with Crippen molar-refractivity contribution in [1.82, 2.24) is 0 Å². The van der Waals surface area contributed by atoms with E-state index in [1.165, 1.54) is 5.56 Å². The fourth-order valence-corrected chi connectivity index (χ4v) is 4.86. The summed E-state index contributed by atoms with van der Waals surface area (Å²) >= 11 is 11.9. The van der Waals surface area contributed by atoms with Gasteiger partial charge in [-0.15, -0.1) is 0 Å². The van der Waals surface area contributed by atoms with Crippen molar-refractivity contribution in [3.8, 4) is 11.8 Å². The molecule has 3 aromatic carbocycles. The molecule has 0 aliphatic heterocycles. The monoisotopic (exact) mass is 620 g/mol. The van der Waals surface area contributed by atoms with E-state index in [0.717, 1.165) is 20.0 Å². The number of amides is 1. The molecule has 0 aliphatic rings. The third-order valence-corrected chi connectivity index (χ3v) is 6.41. The van der Waals surface area contributed by atoms with E-state index in [1.54, 1.807) is 6.08 Å². The Morgan fingerprint density at radius 2 is 1.94 bits per heavy atom. The molecule has 0 saturated carbocycles. The molecule has 3 aromatic rings. The molecule has 7 heteroatoms. The summed E-state index contributed by atoms with van der Waals surface area (Å²) in [6, 6.07) is 20.7. The quantitative estimate of drug-likeness (QED) is 0.170. The molecule has 0 radical (unpaired) electrons. The Labute approximate surface area is 214 Å². The normalized spacial score (nSPS) is 11.0. The zero-order valence-electron chi connectivity index (χ0n) is 17.2. The molecule has 162 valence electrons. The van der Waals surface area contributed by atoms with Gasteiger partial charge in [0.2, 0.25) is 0 Å². The molecule has 3 rings (SSSR count). The highest BCUT2D eigenvalue weighted by molar-refractivity contribution is 14.1. The van der Waals surface area contributed by atoms with Crippen LogP contribution in [0, 0.1) is 14.9 Å². The van der Waals surface area contributed by atoms with Crippen molar-refractivity contribution < 1.29 is 9.53 Å². The minimum Gasteiger partial charge on any atom is -0.487 e. The van der Waals surface area contributed by atoms with Crippen molar-refractivity contribution >= 4 is 67.8 Å². The Hall–Kier alpha value is -2.34. The zero-order valence-corrected chi connectivity index (χ0v) is 21.7. The maximum atomic E-state index is 12.6. The molecule has 0 saturated heterocycles. The van der Waals surface area contributed by atoms with Crippen molar-refractivity contribution in [2.75, 3.05) is 5.32 Å². The van der Waals surface area contributed by atoms with Crippen LogP contribution in [-0.4, -0.2) is 5.91 Å². The topological polar surface area (TPSA) is 62.1 Å². The molecule has 1 N–H and O–H groups in total. The molecule has 4 nitrogen and oxygen atoms in total. The lowest BCUT2D eigenvalue weighted by Gasteiger charge is -2.12. The number of hydrogen-bond acceptors (Lipinski definition) is 3. The van der Waals surface area contributed by atoms with E-state index in [9.17, 15) is 10.1 Å². The maximum absolute atomic E-state index is 12.6. The summed E-state index contributed by atoms with van der Waals surface area (Å²) in [5, 5.41) is 12.9. The van der Waals surface area contributed by atoms with Crippen LogP contribution in [-0.2, 0) is 17.8 Å². The van der Waals surface area contributed by atoms with Crippen molar-refractivity contribution in [2.45, 2.75) is 20.0 Å². The summed E-state index contributed by atoms with van der Waals surface area (Å²) in [7, 11) is 0. The molecule has 0 unspecified atom stereocenters. The van der Waals surface area contributed by atoms with Gasteiger partial charge in [0.05, 0.1) is 8.04 Å². The van der Waals surface area contributed by atoms with Crippen molar-refractivity contribution in [2.24, 2.45) is 0 Å². The lowest BCUT2D eigenvalue weighted by molar-refractivity contribution is -0.112. The number of nitrogens with zero attached hydrogens (tertiary/aromatic N) is 1. The van der Waals surface area contributed by atoms with E-state index >= 15 is 0 Å². The van der Waals surface area contributed by atoms with Gasteiger partial charge in [-0.2, -0.15) is 5.26 Å². The van der Waals surface area contributed by atoms with Crippen molar-refractivity contribution in [1.29, 1.82) is 5.26 Å². The molecule has 0 atom stereocenters. The van der Waals surface area contributed by atoms with Gasteiger partial charge >= 0.3 is 0 Å². The van der Waals surface area contributed by atoms with Crippen LogP contribution in [0.3, 0.4) is 0 Å². The highest BCUT2D eigenvalue weighted by Crippen LogP contribution is 2.34. The second-order valence-electron chi connectivity index (χ2n) is 6.87. The second-order valence-corrected chi connectivity index (χ2v) is 9.29. The molecule has 0 aromatic heterocycles. The average molecular weight is 622 g/mol. The van der Waals surface area contributed by atoms with E-state index in [1.807, 2.05) is 66.7 Å². The Bertz CT molecular complexity index is 1180. The van der Waals surface area contributed by atoms with Crippen LogP contribution in [0.2, 0.25) is 5.02 Å². The van der Waals surface area contributed by atoms with Crippen LogP contribution in [0.5, 0.6) is 5.75 Å². The Morgan fingerprint density at radius 3 is 2.56 bits per heavy atom. The molecule has 0 bridgehead atoms. The van der Waals surface area contributed by atoms with E-state index in [0.29, 0.717) is 28.6 Å². The first-order valence-electron chi connectivity index (χ1n) is 9.78. The van der Waals surface area contributed by atoms with Crippen LogP contribution in [0.15, 0.2) is 70.7 Å². The third kappa shape index (κ3) is 6.35. The van der Waals surface area contributed by atoms with Gasteiger partial charge in [-0.25, -0.2) is 0 Å². The van der Waals surface area contributed by atoms with Gasteiger partial charge in [0.1, 0.15) is 24.0 Å². The third-order valence-electron chi connectivity index (χ3n) is 4.65. The SMILES string of the molecule is CCc1ccc(NC(=O)/C(C#N)=C/c2cc(Br)c(OCc3ccccc3Cl)c(I)c2)cc1. The van der Waals surface area contributed by atoms with Gasteiger partial charge in [0, 0.05) is 16.3 Å². The Kier molecular flexibility index (Phi) is 8.74. The number of ether oxygens (including phenoxy) is 1. The molecule has 0 aliphatic carbocycles. The number of halogens is 3. The van der Waals surface area contributed by atoms with Gasteiger partial charge < -0.3 is 10.1 Å². The number of hydrogen-bond donors (Lipinski definition) is 1. The average Bonchev–Trinajstić information content (AvgIpc) is 2.78. The summed E-state index contributed by atoms with van der Waals surface area (Å²) in [6.45, 7) is 2.39. The lowest BCUT2D eigenvalue weighted by Crippen LogP contribution is -2.13. The fraction of sp³-hybridized carbons (Fsp3) is 0.120. The molecule has 32 heavy (non-hydrogen) atoms. The first-order chi connectivity index (χ1) is 15.4. The van der Waals surface area contributed by atoms with E-state index < -0.39 is 5.91 Å². The minimum absolute atomic E-state index is 0.0111. The van der Waals surface area contributed by atoms with Crippen molar-refractivity contribution in [3.63, 3.8) is 0 Å². The van der Waals surface area contributed by atoms with E-state index in [4.69, 9.17) is 16.3 Å². The summed E-state index contributed by atoms with van der Waals surface area (Å²) < 4.78 is 7.52. The first kappa shape index (κ1) is 24.3. The molecule has 0 fully saturated rings. The molecular formula is C25H19BrClIN2O2. The van der Waals surface area contributed by atoms with Gasteiger partial charge in [0.15, 0.2) is 0 Å². The predicted octanol–water partition coefficient (Wildman–Crippen LogP) is 7.39. The number of nitrogens with one attached hydrogen (secondary N) is 1. The minimum atomic E-state index is -0.457. The predicted molar refractivity (Wildman–Crippen MR) is 141 cm³/mol. The summed E-state index contributed by atoms with van der Waals surface area (Å²) in [6.07, 6.45) is 2.48. The van der Waals surface area contributed by atoms with Crippen LogP contribution >= 0.6 is 50.1 Å². The fourth-order valence-electron chi connectivity index (χ4n) is 2.90. The Morgan fingerprint density at radius 1 is 1.22 bits per heavy atom. The standard InChI is InChI=1S/C25H19BrClIN2O2/c1-2-16-7-9-20(10-8-16)30-25(31)19(14-29)11-17-12-21(26)24(23(28)13-17)32-15-18-5-3-4-6-22(18)27/h3-13H,2,15H2,1H3,(H,30,31)/b19-11+. The van der Waals surface area contributed by atoms with E-state index in [-0.39, 0.29) is 5.57 Å². The van der Waals surface area contributed by atoms with Gasteiger partial charge in [-0.1, -0.05) is 48.9 Å². The maximum Gasteiger partial charge on any atom is 0.266 e. The molecule has 1 amide bonds. The van der Waals surface area contributed by atoms with Crippen molar-refractivity contribution in [3.05, 3.63) is 96.0 Å². The second kappa shape index (κ2) is 11.5. The first-order valence-corrected chi connectivity index (χ1v) is 12.0. The van der Waals surface area contributed by atoms with Crippen LogP contribution in [0.4, 0.5) is 5.69 Å². The number of aryl methyl sites for hydroxylation is 1. The summed E-state index contributed by atoms with van der Waals surface area (Å²) in [5.74, 6) is 0.212. The van der Waals surface area contributed by atoms with Gasteiger partial charge in [-0.05, 0) is 92.5 Å². The summed E-state index contributed by atoms with van der Waals surface area (Å²) in [5.41, 5.74) is 3.43. The van der Waals surface area contributed by atoms with Gasteiger partial charge in [0.25, 0.3) is 5.91 Å². The number of carbonyl (C=O) groups excluding carboxylic acids is 1. The lowest BCUT2D eigenvalue weighted by atomic mass is 10.1. The molecular weight excluding hydrogens is 603 g/mol. The van der Waals surface area contributed by atoms with Crippen LogP contribution < -0.4 is 10.1 Å². The number of anilines is 1. The van der Waals surface area contributed by atoms with Crippen LogP contribution in [0.25, 0.3) is 6.08 Å².